The van der Waals surface area contributed by atoms with Crippen molar-refractivity contribution in [3.05, 3.63) is 35.9 Å². The van der Waals surface area contributed by atoms with Crippen molar-refractivity contribution in [3.8, 4) is 0 Å². The number of rotatable bonds is 3. The van der Waals surface area contributed by atoms with Crippen molar-refractivity contribution in [1.82, 2.24) is 4.90 Å². The molecule has 1 unspecified atom stereocenters. The minimum Gasteiger partial charge on any atom is -0.393 e. The van der Waals surface area contributed by atoms with Crippen molar-refractivity contribution >= 4 is 5.91 Å². The lowest BCUT2D eigenvalue weighted by Crippen LogP contribution is -2.54. The van der Waals surface area contributed by atoms with Crippen molar-refractivity contribution in [1.29, 1.82) is 0 Å². The number of amides is 1. The van der Waals surface area contributed by atoms with E-state index >= 15 is 0 Å². The molecule has 1 aromatic rings. The molecule has 4 nitrogen and oxygen atoms in total. The number of aliphatic hydroxyl groups excluding tert-OH is 1. The van der Waals surface area contributed by atoms with Crippen LogP contribution in [-0.2, 0) is 9.53 Å². The number of aliphatic hydroxyl groups is 1. The van der Waals surface area contributed by atoms with Gasteiger partial charge in [-0.05, 0) is 12.0 Å². The van der Waals surface area contributed by atoms with Gasteiger partial charge in [-0.1, -0.05) is 37.3 Å². The average Bonchev–Trinajstić information content (AvgIpc) is 2.71. The molecule has 1 spiro atoms. The molecule has 1 N–H and O–H groups in total. The van der Waals surface area contributed by atoms with Crippen LogP contribution in [0.4, 0.5) is 0 Å². The number of carbonyl (C=O) groups excluding carboxylic acids is 1. The van der Waals surface area contributed by atoms with Crippen LogP contribution in [0, 0.1) is 0 Å². The Kier molecular flexibility index (Phi) is 3.07. The van der Waals surface area contributed by atoms with E-state index < -0.39 is 5.60 Å². The predicted molar refractivity (Wildman–Crippen MR) is 70.2 cm³/mol. The molecule has 1 aliphatic heterocycles. The van der Waals surface area contributed by atoms with Gasteiger partial charge < -0.3 is 14.7 Å². The maximum absolute atomic E-state index is 12.5. The minimum absolute atomic E-state index is 0.0357. The summed E-state index contributed by atoms with van der Waals surface area (Å²) in [5, 5.41) is 9.44. The lowest BCUT2D eigenvalue weighted by molar-refractivity contribution is -0.158. The Morgan fingerprint density at radius 1 is 1.42 bits per heavy atom. The maximum atomic E-state index is 12.5. The van der Waals surface area contributed by atoms with Crippen LogP contribution < -0.4 is 0 Å². The Labute approximate surface area is 113 Å². The van der Waals surface area contributed by atoms with E-state index in [9.17, 15) is 9.90 Å². The topological polar surface area (TPSA) is 49.8 Å². The summed E-state index contributed by atoms with van der Waals surface area (Å²) in [5.41, 5.74) is 0.403. The van der Waals surface area contributed by atoms with E-state index in [2.05, 4.69) is 6.92 Å². The first-order chi connectivity index (χ1) is 9.16. The van der Waals surface area contributed by atoms with Gasteiger partial charge in [0.15, 0.2) is 5.60 Å². The lowest BCUT2D eigenvalue weighted by atomic mass is 9.76. The Balaban J connectivity index is 1.81. The molecule has 0 aromatic heterocycles. The fourth-order valence-electron chi connectivity index (χ4n) is 3.11. The molecule has 1 heterocycles. The molecule has 102 valence electrons. The van der Waals surface area contributed by atoms with E-state index in [-0.39, 0.29) is 18.1 Å². The van der Waals surface area contributed by atoms with Crippen molar-refractivity contribution in [2.24, 2.45) is 0 Å². The molecule has 1 amide bonds. The lowest BCUT2D eigenvalue weighted by Gasteiger charge is -2.39. The second kappa shape index (κ2) is 4.62. The van der Waals surface area contributed by atoms with Crippen LogP contribution in [0.1, 0.15) is 37.8 Å². The summed E-state index contributed by atoms with van der Waals surface area (Å²) in [7, 11) is 0. The molecule has 4 heteroatoms. The average molecular weight is 261 g/mol. The Morgan fingerprint density at radius 2 is 2.11 bits per heavy atom. The van der Waals surface area contributed by atoms with Crippen LogP contribution in [0.25, 0.3) is 0 Å². The van der Waals surface area contributed by atoms with E-state index in [0.29, 0.717) is 19.6 Å². The number of nitrogens with zero attached hydrogens (tertiary/aromatic N) is 1. The molecule has 1 saturated heterocycles. The van der Waals surface area contributed by atoms with Gasteiger partial charge in [0.05, 0.1) is 12.1 Å². The van der Waals surface area contributed by atoms with Gasteiger partial charge in [0.1, 0.15) is 6.73 Å². The van der Waals surface area contributed by atoms with E-state index in [1.165, 1.54) is 0 Å². The van der Waals surface area contributed by atoms with Crippen molar-refractivity contribution in [2.75, 3.05) is 6.73 Å². The largest absolute Gasteiger partial charge is 0.393 e. The fraction of sp³-hybridized carbons (Fsp3) is 0.533. The van der Waals surface area contributed by atoms with Crippen LogP contribution in [0.5, 0.6) is 0 Å². The molecule has 1 aromatic carbocycles. The normalized spacial score (nSPS) is 31.6. The molecule has 3 rings (SSSR count). The molecule has 0 bridgehead atoms. The number of hydrogen-bond acceptors (Lipinski definition) is 3. The van der Waals surface area contributed by atoms with Crippen LogP contribution >= 0.6 is 0 Å². The minimum atomic E-state index is -0.735. The molecular weight excluding hydrogens is 242 g/mol. The summed E-state index contributed by atoms with van der Waals surface area (Å²) in [6.45, 7) is 2.41. The SMILES string of the molecule is CCC(c1ccccc1)N1COC2(CC(O)C2)C1=O. The van der Waals surface area contributed by atoms with Gasteiger partial charge in [-0.25, -0.2) is 0 Å². The molecule has 19 heavy (non-hydrogen) atoms. The highest BCUT2D eigenvalue weighted by Crippen LogP contribution is 2.44. The first-order valence-electron chi connectivity index (χ1n) is 6.84. The highest BCUT2D eigenvalue weighted by Gasteiger charge is 2.57. The third kappa shape index (κ3) is 1.95. The van der Waals surface area contributed by atoms with Gasteiger partial charge in [-0.3, -0.25) is 4.79 Å². The number of hydrogen-bond donors (Lipinski definition) is 1. The molecular formula is C15H19NO3. The number of ether oxygens (including phenoxy) is 1. The number of carbonyl (C=O) groups is 1. The van der Waals surface area contributed by atoms with Crippen LogP contribution in [0.2, 0.25) is 0 Å². The van der Waals surface area contributed by atoms with Crippen LogP contribution in [-0.4, -0.2) is 34.3 Å². The first-order valence-corrected chi connectivity index (χ1v) is 6.84. The molecule has 1 aliphatic carbocycles. The third-order valence-electron chi connectivity index (χ3n) is 4.21. The van der Waals surface area contributed by atoms with Gasteiger partial charge in [0, 0.05) is 12.8 Å². The Bertz CT molecular complexity index is 468. The zero-order valence-corrected chi connectivity index (χ0v) is 11.1. The Hall–Kier alpha value is -1.39. The van der Waals surface area contributed by atoms with Gasteiger partial charge in [-0.2, -0.15) is 0 Å². The van der Waals surface area contributed by atoms with E-state index in [1.807, 2.05) is 30.3 Å². The summed E-state index contributed by atoms with van der Waals surface area (Å²) in [5.74, 6) is 0.0357. The van der Waals surface area contributed by atoms with Crippen molar-refractivity contribution in [3.63, 3.8) is 0 Å². The highest BCUT2D eigenvalue weighted by molar-refractivity contribution is 5.88. The predicted octanol–water partition coefficient (Wildman–Crippen LogP) is 1.85. The summed E-state index contributed by atoms with van der Waals surface area (Å²) in [6.07, 6.45) is 1.35. The summed E-state index contributed by atoms with van der Waals surface area (Å²) >= 11 is 0. The maximum Gasteiger partial charge on any atom is 0.257 e. The quantitative estimate of drug-likeness (QED) is 0.903. The zero-order valence-electron chi connectivity index (χ0n) is 11.1. The van der Waals surface area contributed by atoms with Crippen LogP contribution in [0.15, 0.2) is 30.3 Å². The summed E-state index contributed by atoms with van der Waals surface area (Å²) < 4.78 is 5.69. The van der Waals surface area contributed by atoms with E-state index in [0.717, 1.165) is 12.0 Å². The summed E-state index contributed by atoms with van der Waals surface area (Å²) in [4.78, 5) is 14.3. The van der Waals surface area contributed by atoms with Gasteiger partial charge in [0.25, 0.3) is 5.91 Å². The molecule has 0 radical (unpaired) electrons. The standard InChI is InChI=1S/C15H19NO3/c1-2-13(11-6-4-3-5-7-11)16-10-19-15(14(16)18)8-12(17)9-15/h3-7,12-13,17H,2,8-10H2,1H3. The first kappa shape index (κ1) is 12.6. The van der Waals surface area contributed by atoms with Gasteiger partial charge in [0.2, 0.25) is 0 Å². The highest BCUT2D eigenvalue weighted by atomic mass is 16.5. The Morgan fingerprint density at radius 3 is 2.68 bits per heavy atom. The fourth-order valence-corrected chi connectivity index (χ4v) is 3.11. The second-order valence-corrected chi connectivity index (χ2v) is 5.44. The van der Waals surface area contributed by atoms with Gasteiger partial charge in [-0.15, -0.1) is 0 Å². The van der Waals surface area contributed by atoms with Crippen LogP contribution in [0.3, 0.4) is 0 Å². The molecule has 1 saturated carbocycles. The second-order valence-electron chi connectivity index (χ2n) is 5.44. The zero-order chi connectivity index (χ0) is 13.5. The van der Waals surface area contributed by atoms with Crippen molar-refractivity contribution < 1.29 is 14.6 Å². The van der Waals surface area contributed by atoms with Gasteiger partial charge >= 0.3 is 0 Å². The summed E-state index contributed by atoms with van der Waals surface area (Å²) in [6, 6.07) is 10.1. The van der Waals surface area contributed by atoms with E-state index in [4.69, 9.17) is 4.74 Å². The van der Waals surface area contributed by atoms with Crippen molar-refractivity contribution in [2.45, 2.75) is 43.9 Å². The molecule has 1 atom stereocenters. The number of benzene rings is 1. The molecule has 2 aliphatic rings. The smallest absolute Gasteiger partial charge is 0.257 e. The molecule has 2 fully saturated rings. The van der Waals surface area contributed by atoms with E-state index in [1.54, 1.807) is 4.90 Å². The monoisotopic (exact) mass is 261 g/mol. The third-order valence-corrected chi connectivity index (χ3v) is 4.21.